The van der Waals surface area contributed by atoms with E-state index in [4.69, 9.17) is 0 Å². The van der Waals surface area contributed by atoms with Crippen LogP contribution < -0.4 is 0 Å². The molecule has 0 saturated carbocycles. The number of carbonyl (C=O) groups is 2. The first-order chi connectivity index (χ1) is 14.7. The van der Waals surface area contributed by atoms with Gasteiger partial charge in [-0.3, -0.25) is 4.55 Å². The van der Waals surface area contributed by atoms with Gasteiger partial charge in [0, 0.05) is 10.8 Å². The molecule has 0 amide bonds. The predicted molar refractivity (Wildman–Crippen MR) is 114 cm³/mol. The summed E-state index contributed by atoms with van der Waals surface area (Å²) in [6.45, 7) is 0. The summed E-state index contributed by atoms with van der Waals surface area (Å²) in [7, 11) is -4.57. The van der Waals surface area contributed by atoms with E-state index in [0.29, 0.717) is 16.3 Å². The number of benzene rings is 4. The lowest BCUT2D eigenvalue weighted by Crippen LogP contribution is -2.06. The van der Waals surface area contributed by atoms with Gasteiger partial charge in [-0.1, -0.05) is 48.5 Å². The van der Waals surface area contributed by atoms with E-state index in [2.05, 4.69) is 0 Å². The molecule has 0 aliphatic rings. The molecule has 8 heteroatoms. The van der Waals surface area contributed by atoms with Crippen LogP contribution in [0.3, 0.4) is 0 Å². The van der Waals surface area contributed by atoms with E-state index >= 15 is 0 Å². The molecule has 0 heterocycles. The molecule has 0 bridgehead atoms. The zero-order valence-corrected chi connectivity index (χ0v) is 16.8. The zero-order valence-electron chi connectivity index (χ0n) is 15.9. The van der Waals surface area contributed by atoms with E-state index in [9.17, 15) is 32.8 Å². The zero-order chi connectivity index (χ0) is 22.3. The van der Waals surface area contributed by atoms with Gasteiger partial charge in [-0.05, 0) is 46.5 Å². The van der Waals surface area contributed by atoms with Gasteiger partial charge in [-0.25, -0.2) is 9.59 Å². The standard InChI is InChI=1S/C23H16O7S/c24-22(25)17-8-3-6-15-13(4-1-7-16(15)17)12-14-5-2-9-18-20(31(28,29)30)11-10-19(21(14)18)23(26)27/h1-11H,12H2,(H,24,25)(H,26,27)(H,28,29,30). The molecule has 0 aromatic heterocycles. The summed E-state index contributed by atoms with van der Waals surface area (Å²) in [5, 5.41) is 20.7. The average Bonchev–Trinajstić information content (AvgIpc) is 2.72. The number of hydrogen-bond acceptors (Lipinski definition) is 4. The van der Waals surface area contributed by atoms with Crippen molar-refractivity contribution >= 4 is 43.6 Å². The highest BCUT2D eigenvalue weighted by atomic mass is 32.2. The minimum Gasteiger partial charge on any atom is -0.478 e. The molecule has 4 aromatic rings. The minimum atomic E-state index is -4.57. The molecule has 4 aromatic carbocycles. The molecule has 0 fully saturated rings. The Morgan fingerprint density at radius 3 is 1.90 bits per heavy atom. The summed E-state index contributed by atoms with van der Waals surface area (Å²) >= 11 is 0. The van der Waals surface area contributed by atoms with Crippen LogP contribution in [0.4, 0.5) is 0 Å². The molecule has 7 nitrogen and oxygen atoms in total. The Labute approximate surface area is 176 Å². The maximum Gasteiger partial charge on any atom is 0.336 e. The van der Waals surface area contributed by atoms with Crippen molar-refractivity contribution in [2.75, 3.05) is 0 Å². The van der Waals surface area contributed by atoms with Gasteiger partial charge in [0.1, 0.15) is 4.90 Å². The fourth-order valence-corrected chi connectivity index (χ4v) is 4.62. The van der Waals surface area contributed by atoms with E-state index in [1.165, 1.54) is 12.1 Å². The van der Waals surface area contributed by atoms with Crippen LogP contribution >= 0.6 is 0 Å². The van der Waals surface area contributed by atoms with Crippen molar-refractivity contribution in [1.29, 1.82) is 0 Å². The maximum absolute atomic E-state index is 11.8. The second-order valence-electron chi connectivity index (χ2n) is 7.03. The van der Waals surface area contributed by atoms with E-state index in [0.717, 1.165) is 17.7 Å². The third-order valence-corrected chi connectivity index (χ3v) is 6.13. The van der Waals surface area contributed by atoms with Crippen molar-refractivity contribution < 1.29 is 32.8 Å². The summed E-state index contributed by atoms with van der Waals surface area (Å²) in [5.41, 5.74) is 1.34. The Morgan fingerprint density at radius 1 is 0.677 bits per heavy atom. The Hall–Kier alpha value is -3.75. The van der Waals surface area contributed by atoms with Crippen molar-refractivity contribution in [3.8, 4) is 0 Å². The average molecular weight is 436 g/mol. The van der Waals surface area contributed by atoms with Crippen molar-refractivity contribution in [2.45, 2.75) is 11.3 Å². The van der Waals surface area contributed by atoms with Crippen LogP contribution in [-0.4, -0.2) is 35.1 Å². The van der Waals surface area contributed by atoms with Crippen LogP contribution in [0.5, 0.6) is 0 Å². The number of carboxylic acids is 2. The molecule has 3 N–H and O–H groups in total. The molecule has 0 atom stereocenters. The molecule has 156 valence electrons. The largest absolute Gasteiger partial charge is 0.478 e. The van der Waals surface area contributed by atoms with Crippen molar-refractivity contribution in [1.82, 2.24) is 0 Å². The van der Waals surface area contributed by atoms with Crippen molar-refractivity contribution in [3.63, 3.8) is 0 Å². The first kappa shape index (κ1) is 20.5. The van der Waals surface area contributed by atoms with E-state index in [1.807, 2.05) is 0 Å². The van der Waals surface area contributed by atoms with Crippen LogP contribution in [0.1, 0.15) is 31.8 Å². The summed E-state index contributed by atoms with van der Waals surface area (Å²) in [6.07, 6.45) is 0.229. The molecule has 4 rings (SSSR count). The third-order valence-electron chi connectivity index (χ3n) is 5.22. The van der Waals surface area contributed by atoms with Gasteiger partial charge >= 0.3 is 11.9 Å². The quantitative estimate of drug-likeness (QED) is 0.399. The summed E-state index contributed by atoms with van der Waals surface area (Å²) in [4.78, 5) is 23.0. The Morgan fingerprint density at radius 2 is 1.26 bits per heavy atom. The number of carboxylic acid groups (broad SMARTS) is 2. The molecule has 0 saturated heterocycles. The first-order valence-electron chi connectivity index (χ1n) is 9.18. The smallest absolute Gasteiger partial charge is 0.336 e. The predicted octanol–water partition coefficient (Wildman–Crippen LogP) is 4.23. The molecule has 0 unspecified atom stereocenters. The summed E-state index contributed by atoms with van der Waals surface area (Å²) in [6, 6.07) is 17.1. The SMILES string of the molecule is O=C(O)c1cccc2c(Cc3cccc4c(S(=O)(=O)O)ccc(C(=O)O)c34)cccc12. The molecular formula is C23H16O7S. The van der Waals surface area contributed by atoms with Gasteiger partial charge < -0.3 is 10.2 Å². The van der Waals surface area contributed by atoms with Gasteiger partial charge in [0.25, 0.3) is 10.1 Å². The number of rotatable bonds is 5. The molecule has 0 radical (unpaired) electrons. The van der Waals surface area contributed by atoms with Gasteiger partial charge in [0.2, 0.25) is 0 Å². The van der Waals surface area contributed by atoms with Crippen LogP contribution in [-0.2, 0) is 16.5 Å². The van der Waals surface area contributed by atoms with Gasteiger partial charge in [0.05, 0.1) is 11.1 Å². The van der Waals surface area contributed by atoms with Crippen LogP contribution in [0.15, 0.2) is 71.6 Å². The van der Waals surface area contributed by atoms with E-state index in [-0.39, 0.29) is 33.2 Å². The normalized spacial score (nSPS) is 11.6. The van der Waals surface area contributed by atoms with Gasteiger partial charge in [-0.2, -0.15) is 8.42 Å². The second-order valence-corrected chi connectivity index (χ2v) is 8.42. The van der Waals surface area contributed by atoms with E-state index in [1.54, 1.807) is 42.5 Å². The van der Waals surface area contributed by atoms with Crippen LogP contribution in [0.25, 0.3) is 21.5 Å². The van der Waals surface area contributed by atoms with Crippen molar-refractivity contribution in [3.05, 3.63) is 89.0 Å². The summed E-state index contributed by atoms with van der Waals surface area (Å²) < 4.78 is 33.2. The molecular weight excluding hydrogens is 420 g/mol. The van der Waals surface area contributed by atoms with E-state index < -0.39 is 22.1 Å². The molecule has 0 aliphatic carbocycles. The second kappa shape index (κ2) is 7.50. The summed E-state index contributed by atoms with van der Waals surface area (Å²) in [5.74, 6) is -2.29. The van der Waals surface area contributed by atoms with Gasteiger partial charge in [-0.15, -0.1) is 0 Å². The first-order valence-corrected chi connectivity index (χ1v) is 10.6. The fraction of sp³-hybridized carbons (Fsp3) is 0.0435. The monoisotopic (exact) mass is 436 g/mol. The Bertz CT molecular complexity index is 1490. The van der Waals surface area contributed by atoms with Crippen molar-refractivity contribution in [2.24, 2.45) is 0 Å². The topological polar surface area (TPSA) is 129 Å². The third kappa shape index (κ3) is 3.63. The number of fused-ring (bicyclic) bond motifs is 2. The maximum atomic E-state index is 11.8. The number of aromatic carboxylic acids is 2. The lowest BCUT2D eigenvalue weighted by atomic mass is 9.92. The highest BCUT2D eigenvalue weighted by Crippen LogP contribution is 2.32. The minimum absolute atomic E-state index is 0.0931. The molecule has 0 spiro atoms. The lowest BCUT2D eigenvalue weighted by molar-refractivity contribution is 0.0688. The lowest BCUT2D eigenvalue weighted by Gasteiger charge is -2.14. The Kier molecular flexibility index (Phi) is 4.96. The highest BCUT2D eigenvalue weighted by Gasteiger charge is 2.21. The van der Waals surface area contributed by atoms with Crippen LogP contribution in [0, 0.1) is 0 Å². The fourth-order valence-electron chi connectivity index (χ4n) is 3.93. The Balaban J connectivity index is 2.00. The van der Waals surface area contributed by atoms with Gasteiger partial charge in [0.15, 0.2) is 0 Å². The highest BCUT2D eigenvalue weighted by molar-refractivity contribution is 7.86. The van der Waals surface area contributed by atoms with Crippen LogP contribution in [0.2, 0.25) is 0 Å². The molecule has 31 heavy (non-hydrogen) atoms. The molecule has 0 aliphatic heterocycles. The number of hydrogen-bond donors (Lipinski definition) is 3.